The van der Waals surface area contributed by atoms with E-state index < -0.39 is 11.7 Å². The van der Waals surface area contributed by atoms with Crippen molar-refractivity contribution < 1.29 is 14.3 Å². The van der Waals surface area contributed by atoms with Gasteiger partial charge in [-0.25, -0.2) is 4.79 Å². The van der Waals surface area contributed by atoms with E-state index in [1.54, 1.807) is 0 Å². The first-order chi connectivity index (χ1) is 7.52. The van der Waals surface area contributed by atoms with Gasteiger partial charge in [0.25, 0.3) is 0 Å². The quantitative estimate of drug-likeness (QED) is 0.904. The summed E-state index contributed by atoms with van der Waals surface area (Å²) in [6.45, 7) is 0. The van der Waals surface area contributed by atoms with Crippen LogP contribution in [0.4, 0.5) is 4.79 Å². The summed E-state index contributed by atoms with van der Waals surface area (Å²) in [5.41, 5.74) is 4.98. The van der Waals surface area contributed by atoms with Gasteiger partial charge in [-0.15, -0.1) is 0 Å². The fourth-order valence-electron chi connectivity index (χ4n) is 1.87. The van der Waals surface area contributed by atoms with Crippen molar-refractivity contribution in [2.75, 3.05) is 0 Å². The second kappa shape index (κ2) is 3.90. The lowest BCUT2D eigenvalue weighted by atomic mass is 9.74. The second-order valence-electron chi connectivity index (χ2n) is 3.81. The molecule has 2 N–H and O–H groups in total. The van der Waals surface area contributed by atoms with E-state index >= 15 is 0 Å². The smallest absolute Gasteiger partial charge is 0.405 e. The molecular formula is C11H10BrNO3. The molecule has 0 unspecified atom stereocenters. The summed E-state index contributed by atoms with van der Waals surface area (Å²) in [4.78, 5) is 21.9. The zero-order chi connectivity index (χ0) is 11.8. The Morgan fingerprint density at radius 2 is 1.88 bits per heavy atom. The summed E-state index contributed by atoms with van der Waals surface area (Å²) in [6, 6.07) is 7.31. The van der Waals surface area contributed by atoms with E-state index in [0.717, 1.165) is 10.0 Å². The lowest BCUT2D eigenvalue weighted by Gasteiger charge is -2.39. The Labute approximate surface area is 101 Å². The number of amides is 1. The minimum Gasteiger partial charge on any atom is -0.437 e. The molecule has 1 aromatic rings. The van der Waals surface area contributed by atoms with Gasteiger partial charge in [-0.2, -0.15) is 0 Å². The monoisotopic (exact) mass is 283 g/mol. The number of Topliss-reactive ketones (excluding diaryl/α,β-unsaturated/α-hetero) is 1. The number of primary amides is 1. The normalized spacial score (nSPS) is 17.7. The molecule has 0 bridgehead atoms. The molecule has 0 aliphatic heterocycles. The van der Waals surface area contributed by atoms with Crippen LogP contribution in [0.3, 0.4) is 0 Å². The molecule has 4 nitrogen and oxygen atoms in total. The number of ketones is 1. The van der Waals surface area contributed by atoms with Crippen LogP contribution in [0.1, 0.15) is 18.4 Å². The molecule has 1 aromatic carbocycles. The largest absolute Gasteiger partial charge is 0.437 e. The van der Waals surface area contributed by atoms with Crippen molar-refractivity contribution >= 4 is 27.8 Å². The molecule has 0 radical (unpaired) electrons. The molecule has 1 aliphatic rings. The second-order valence-corrected chi connectivity index (χ2v) is 4.73. The highest BCUT2D eigenvalue weighted by Gasteiger charge is 2.48. The minimum atomic E-state index is -0.851. The highest BCUT2D eigenvalue weighted by atomic mass is 79.9. The molecule has 1 fully saturated rings. The van der Waals surface area contributed by atoms with Crippen LogP contribution >= 0.6 is 15.9 Å². The molecular weight excluding hydrogens is 274 g/mol. The van der Waals surface area contributed by atoms with Crippen LogP contribution in [-0.2, 0) is 15.1 Å². The SMILES string of the molecule is NC(=O)OC1(c2ccc(Br)cc2)CC(=O)C1. The fraction of sp³-hybridized carbons (Fsp3) is 0.273. The molecule has 1 aliphatic carbocycles. The van der Waals surface area contributed by atoms with E-state index in [1.165, 1.54) is 0 Å². The molecule has 0 saturated heterocycles. The van der Waals surface area contributed by atoms with Crippen molar-refractivity contribution in [1.82, 2.24) is 0 Å². The average molecular weight is 284 g/mol. The van der Waals surface area contributed by atoms with Crippen molar-refractivity contribution in [3.63, 3.8) is 0 Å². The van der Waals surface area contributed by atoms with Crippen LogP contribution in [0.15, 0.2) is 28.7 Å². The van der Waals surface area contributed by atoms with Gasteiger partial charge in [-0.3, -0.25) is 4.79 Å². The summed E-state index contributed by atoms with van der Waals surface area (Å²) < 4.78 is 6.00. The Morgan fingerprint density at radius 3 is 2.31 bits per heavy atom. The van der Waals surface area contributed by atoms with Crippen molar-refractivity contribution in [3.8, 4) is 0 Å². The summed E-state index contributed by atoms with van der Waals surface area (Å²) in [5.74, 6) is 0.0733. The highest BCUT2D eigenvalue weighted by Crippen LogP contribution is 2.42. The maximum absolute atomic E-state index is 11.1. The average Bonchev–Trinajstić information content (AvgIpc) is 2.15. The number of carbonyl (C=O) groups excluding carboxylic acids is 2. The van der Waals surface area contributed by atoms with E-state index in [1.807, 2.05) is 24.3 Å². The van der Waals surface area contributed by atoms with E-state index in [-0.39, 0.29) is 18.6 Å². The van der Waals surface area contributed by atoms with Crippen molar-refractivity contribution in [1.29, 1.82) is 0 Å². The van der Waals surface area contributed by atoms with Crippen LogP contribution < -0.4 is 5.73 Å². The third-order valence-electron chi connectivity index (χ3n) is 2.63. The van der Waals surface area contributed by atoms with Gasteiger partial charge in [0, 0.05) is 4.47 Å². The Balaban J connectivity index is 2.29. The molecule has 1 saturated carbocycles. The van der Waals surface area contributed by atoms with Gasteiger partial charge in [0.05, 0.1) is 12.8 Å². The third-order valence-corrected chi connectivity index (χ3v) is 3.16. The lowest BCUT2D eigenvalue weighted by molar-refractivity contribution is -0.143. The first-order valence-electron chi connectivity index (χ1n) is 4.78. The van der Waals surface area contributed by atoms with Gasteiger partial charge < -0.3 is 10.5 Å². The first kappa shape index (κ1) is 11.1. The van der Waals surface area contributed by atoms with Crippen LogP contribution in [0.2, 0.25) is 0 Å². The van der Waals surface area contributed by atoms with Gasteiger partial charge >= 0.3 is 6.09 Å². The number of nitrogens with two attached hydrogens (primary N) is 1. The van der Waals surface area contributed by atoms with E-state index in [0.29, 0.717) is 0 Å². The molecule has 0 spiro atoms. The Bertz CT molecular complexity index is 433. The minimum absolute atomic E-state index is 0.0733. The van der Waals surface area contributed by atoms with Gasteiger partial charge in [0.15, 0.2) is 5.60 Å². The fourth-order valence-corrected chi connectivity index (χ4v) is 2.13. The summed E-state index contributed by atoms with van der Waals surface area (Å²) in [5, 5.41) is 0. The maximum atomic E-state index is 11.1. The molecule has 0 heterocycles. The Morgan fingerprint density at radius 1 is 1.31 bits per heavy atom. The standard InChI is InChI=1S/C11H10BrNO3/c12-8-3-1-7(2-4-8)11(16-10(13)15)5-9(14)6-11/h1-4H,5-6H2,(H2,13,15). The number of halogens is 1. The lowest BCUT2D eigenvalue weighted by Crippen LogP contribution is -2.46. The van der Waals surface area contributed by atoms with Crippen molar-refractivity contribution in [2.45, 2.75) is 18.4 Å². The van der Waals surface area contributed by atoms with Crippen LogP contribution in [0.25, 0.3) is 0 Å². The Kier molecular flexibility index (Phi) is 2.71. The van der Waals surface area contributed by atoms with Crippen LogP contribution in [0.5, 0.6) is 0 Å². The zero-order valence-corrected chi connectivity index (χ0v) is 9.99. The van der Waals surface area contributed by atoms with Gasteiger partial charge in [0.1, 0.15) is 5.78 Å². The third kappa shape index (κ3) is 1.95. The summed E-state index contributed by atoms with van der Waals surface area (Å²) in [6.07, 6.45) is -0.440. The number of carbonyl (C=O) groups is 2. The molecule has 84 valence electrons. The van der Waals surface area contributed by atoms with Crippen LogP contribution in [-0.4, -0.2) is 11.9 Å². The molecule has 1 amide bonds. The Hall–Kier alpha value is -1.36. The van der Waals surface area contributed by atoms with Crippen molar-refractivity contribution in [3.05, 3.63) is 34.3 Å². The number of ether oxygens (including phenoxy) is 1. The van der Waals surface area contributed by atoms with Crippen molar-refractivity contribution in [2.24, 2.45) is 5.73 Å². The predicted octanol–water partition coefficient (Wildman–Crippen LogP) is 2.10. The van der Waals surface area contributed by atoms with E-state index in [2.05, 4.69) is 15.9 Å². The highest BCUT2D eigenvalue weighted by molar-refractivity contribution is 9.10. The topological polar surface area (TPSA) is 69.4 Å². The molecule has 5 heteroatoms. The van der Waals surface area contributed by atoms with E-state index in [4.69, 9.17) is 10.5 Å². The number of hydrogen-bond acceptors (Lipinski definition) is 3. The van der Waals surface area contributed by atoms with Gasteiger partial charge in [-0.1, -0.05) is 28.1 Å². The van der Waals surface area contributed by atoms with E-state index in [9.17, 15) is 9.59 Å². The number of rotatable bonds is 2. The number of hydrogen-bond donors (Lipinski definition) is 1. The molecule has 16 heavy (non-hydrogen) atoms. The maximum Gasteiger partial charge on any atom is 0.405 e. The number of benzene rings is 1. The first-order valence-corrected chi connectivity index (χ1v) is 5.57. The van der Waals surface area contributed by atoms with Gasteiger partial charge in [0.2, 0.25) is 0 Å². The molecule has 2 rings (SSSR count). The molecule has 0 atom stereocenters. The molecule has 0 aromatic heterocycles. The zero-order valence-electron chi connectivity index (χ0n) is 8.40. The summed E-state index contributed by atoms with van der Waals surface area (Å²) in [7, 11) is 0. The predicted molar refractivity (Wildman–Crippen MR) is 60.7 cm³/mol. The summed E-state index contributed by atoms with van der Waals surface area (Å²) >= 11 is 3.32. The van der Waals surface area contributed by atoms with Crippen LogP contribution in [0, 0.1) is 0 Å². The van der Waals surface area contributed by atoms with Gasteiger partial charge in [-0.05, 0) is 17.7 Å².